The van der Waals surface area contributed by atoms with Crippen LogP contribution >= 0.6 is 0 Å². The van der Waals surface area contributed by atoms with Crippen LogP contribution in [0, 0.1) is 33.2 Å². The van der Waals surface area contributed by atoms with Crippen LogP contribution in [0.25, 0.3) is 0 Å². The Labute approximate surface area is 110 Å². The summed E-state index contributed by atoms with van der Waals surface area (Å²) in [5.41, 5.74) is 0.0919. The fourth-order valence-corrected chi connectivity index (χ4v) is 2.37. The largest absolute Gasteiger partial charge is 0.377 e. The molecule has 1 aliphatic carbocycles. The lowest BCUT2D eigenvalue weighted by molar-refractivity contribution is -0.384. The Morgan fingerprint density at radius 1 is 1.37 bits per heavy atom. The number of rotatable bonds is 3. The molecular formula is C13H14FN3O2. The summed E-state index contributed by atoms with van der Waals surface area (Å²) in [6, 6.07) is 5.68. The summed E-state index contributed by atoms with van der Waals surface area (Å²) in [4.78, 5) is 10.3. The van der Waals surface area contributed by atoms with Crippen molar-refractivity contribution in [3.63, 3.8) is 0 Å². The number of nitrogens with zero attached hydrogens (tertiary/aromatic N) is 2. The van der Waals surface area contributed by atoms with E-state index in [1.165, 1.54) is 6.07 Å². The van der Waals surface area contributed by atoms with Gasteiger partial charge in [-0.1, -0.05) is 0 Å². The molecule has 6 heteroatoms. The monoisotopic (exact) mass is 263 g/mol. The zero-order valence-electron chi connectivity index (χ0n) is 10.3. The number of halogens is 1. The van der Waals surface area contributed by atoms with E-state index < -0.39 is 10.7 Å². The molecule has 0 atom stereocenters. The van der Waals surface area contributed by atoms with Gasteiger partial charge in [-0.2, -0.15) is 5.26 Å². The molecule has 0 aliphatic heterocycles. The van der Waals surface area contributed by atoms with Crippen molar-refractivity contribution in [1.82, 2.24) is 0 Å². The lowest BCUT2D eigenvalue weighted by Gasteiger charge is -2.26. The van der Waals surface area contributed by atoms with E-state index in [-0.39, 0.29) is 23.3 Å². The van der Waals surface area contributed by atoms with Gasteiger partial charge < -0.3 is 5.32 Å². The van der Waals surface area contributed by atoms with Gasteiger partial charge in [-0.05, 0) is 31.7 Å². The third kappa shape index (κ3) is 3.19. The summed E-state index contributed by atoms with van der Waals surface area (Å²) in [6.45, 7) is 0. The van der Waals surface area contributed by atoms with Crippen LogP contribution in [-0.4, -0.2) is 11.0 Å². The third-order valence-corrected chi connectivity index (χ3v) is 3.42. The first-order chi connectivity index (χ1) is 9.10. The molecule has 1 N–H and O–H groups in total. The molecule has 1 saturated carbocycles. The lowest BCUT2D eigenvalue weighted by Crippen LogP contribution is -2.26. The maximum Gasteiger partial charge on any atom is 0.292 e. The molecule has 100 valence electrons. The Bertz CT molecular complexity index is 519. The number of nitro groups is 1. The highest BCUT2D eigenvalue weighted by molar-refractivity contribution is 5.61. The standard InChI is InChI=1S/C13H14FN3O2/c14-10-3-6-13(17(18)19)12(7-10)16-11-4-1-9(8-15)2-5-11/h3,6-7,9,11,16H,1-2,4-5H2/t9-,11-. The van der Waals surface area contributed by atoms with Crippen molar-refractivity contribution in [1.29, 1.82) is 5.26 Å². The Morgan fingerprint density at radius 3 is 2.63 bits per heavy atom. The molecule has 5 nitrogen and oxygen atoms in total. The van der Waals surface area contributed by atoms with E-state index in [0.29, 0.717) is 0 Å². The Kier molecular flexibility index (Phi) is 3.95. The summed E-state index contributed by atoms with van der Waals surface area (Å²) in [7, 11) is 0. The second-order valence-corrected chi connectivity index (χ2v) is 4.74. The van der Waals surface area contributed by atoms with Crippen molar-refractivity contribution in [3.8, 4) is 6.07 Å². The molecule has 0 amide bonds. The van der Waals surface area contributed by atoms with E-state index in [2.05, 4.69) is 11.4 Å². The minimum absolute atomic E-state index is 0.0603. The number of hydrogen-bond acceptors (Lipinski definition) is 4. The van der Waals surface area contributed by atoms with Crippen LogP contribution in [0.3, 0.4) is 0 Å². The zero-order chi connectivity index (χ0) is 13.8. The van der Waals surface area contributed by atoms with Crippen molar-refractivity contribution in [2.24, 2.45) is 5.92 Å². The molecule has 1 fully saturated rings. The molecule has 0 spiro atoms. The normalized spacial score (nSPS) is 22.5. The molecule has 19 heavy (non-hydrogen) atoms. The predicted octanol–water partition coefficient (Wildman–Crippen LogP) is 3.23. The SMILES string of the molecule is N#C[C@H]1CC[C@H](Nc2cc(F)ccc2[N+](=O)[O-])CC1. The van der Waals surface area contributed by atoms with Gasteiger partial charge in [-0.3, -0.25) is 10.1 Å². The predicted molar refractivity (Wildman–Crippen MR) is 68.0 cm³/mol. The summed E-state index contributed by atoms with van der Waals surface area (Å²) >= 11 is 0. The fraction of sp³-hybridized carbons (Fsp3) is 0.462. The van der Waals surface area contributed by atoms with Gasteiger partial charge in [0, 0.05) is 24.1 Å². The van der Waals surface area contributed by atoms with Gasteiger partial charge in [-0.25, -0.2) is 4.39 Å². The molecule has 0 heterocycles. The van der Waals surface area contributed by atoms with Gasteiger partial charge in [0.25, 0.3) is 5.69 Å². The van der Waals surface area contributed by atoms with Crippen LogP contribution in [0.2, 0.25) is 0 Å². The molecule has 2 rings (SSSR count). The molecule has 0 saturated heterocycles. The number of anilines is 1. The molecule has 0 unspecified atom stereocenters. The lowest BCUT2D eigenvalue weighted by atomic mass is 9.87. The van der Waals surface area contributed by atoms with Crippen LogP contribution in [0.4, 0.5) is 15.8 Å². The summed E-state index contributed by atoms with van der Waals surface area (Å²) in [5.74, 6) is -0.431. The van der Waals surface area contributed by atoms with Crippen LogP contribution in [0.5, 0.6) is 0 Å². The van der Waals surface area contributed by atoms with Gasteiger partial charge in [0.1, 0.15) is 11.5 Å². The fourth-order valence-electron chi connectivity index (χ4n) is 2.37. The van der Waals surface area contributed by atoms with E-state index in [1.807, 2.05) is 0 Å². The highest BCUT2D eigenvalue weighted by Gasteiger charge is 2.23. The quantitative estimate of drug-likeness (QED) is 0.670. The van der Waals surface area contributed by atoms with Crippen molar-refractivity contribution in [2.45, 2.75) is 31.7 Å². The first kappa shape index (κ1) is 13.3. The van der Waals surface area contributed by atoms with Gasteiger partial charge >= 0.3 is 0 Å². The topological polar surface area (TPSA) is 79.0 Å². The van der Waals surface area contributed by atoms with E-state index in [0.717, 1.165) is 37.8 Å². The smallest absolute Gasteiger partial charge is 0.292 e. The highest BCUT2D eigenvalue weighted by Crippen LogP contribution is 2.30. The van der Waals surface area contributed by atoms with Gasteiger partial charge in [-0.15, -0.1) is 0 Å². The third-order valence-electron chi connectivity index (χ3n) is 3.42. The summed E-state index contributed by atoms with van der Waals surface area (Å²) in [6.07, 6.45) is 3.09. The molecule has 1 aliphatic rings. The van der Waals surface area contributed by atoms with Crippen molar-refractivity contribution >= 4 is 11.4 Å². The molecule has 0 bridgehead atoms. The maximum absolute atomic E-state index is 13.2. The zero-order valence-corrected chi connectivity index (χ0v) is 10.3. The van der Waals surface area contributed by atoms with Gasteiger partial charge in [0.15, 0.2) is 0 Å². The number of benzene rings is 1. The number of nitriles is 1. The molecule has 0 radical (unpaired) electrons. The van der Waals surface area contributed by atoms with Crippen LogP contribution in [0.15, 0.2) is 18.2 Å². The van der Waals surface area contributed by atoms with E-state index in [4.69, 9.17) is 5.26 Å². The summed E-state index contributed by atoms with van der Waals surface area (Å²) in [5, 5.41) is 22.7. The molecule has 0 aromatic heterocycles. The van der Waals surface area contributed by atoms with E-state index in [9.17, 15) is 14.5 Å². The Morgan fingerprint density at radius 2 is 2.05 bits per heavy atom. The molecular weight excluding hydrogens is 249 g/mol. The van der Waals surface area contributed by atoms with E-state index >= 15 is 0 Å². The van der Waals surface area contributed by atoms with Crippen molar-refractivity contribution in [2.75, 3.05) is 5.32 Å². The van der Waals surface area contributed by atoms with Crippen LogP contribution in [-0.2, 0) is 0 Å². The number of nitrogens with one attached hydrogen (secondary N) is 1. The first-order valence-electron chi connectivity index (χ1n) is 6.20. The first-order valence-corrected chi connectivity index (χ1v) is 6.20. The minimum Gasteiger partial charge on any atom is -0.377 e. The maximum atomic E-state index is 13.2. The number of hydrogen-bond donors (Lipinski definition) is 1. The van der Waals surface area contributed by atoms with E-state index in [1.54, 1.807) is 0 Å². The summed E-state index contributed by atoms with van der Waals surface area (Å²) < 4.78 is 13.2. The Balaban J connectivity index is 2.09. The highest BCUT2D eigenvalue weighted by atomic mass is 19.1. The molecule has 1 aromatic carbocycles. The van der Waals surface area contributed by atoms with Crippen LogP contribution < -0.4 is 5.32 Å². The van der Waals surface area contributed by atoms with Crippen molar-refractivity contribution in [3.05, 3.63) is 34.1 Å². The van der Waals surface area contributed by atoms with Crippen molar-refractivity contribution < 1.29 is 9.31 Å². The van der Waals surface area contributed by atoms with Crippen LogP contribution in [0.1, 0.15) is 25.7 Å². The Hall–Kier alpha value is -2.16. The molecule has 1 aromatic rings. The van der Waals surface area contributed by atoms with Gasteiger partial charge in [0.2, 0.25) is 0 Å². The number of nitro benzene ring substituents is 1. The average molecular weight is 263 g/mol. The second kappa shape index (κ2) is 5.65. The minimum atomic E-state index is -0.525. The average Bonchev–Trinajstić information content (AvgIpc) is 2.39. The second-order valence-electron chi connectivity index (χ2n) is 4.74. The van der Waals surface area contributed by atoms with Gasteiger partial charge in [0.05, 0.1) is 11.0 Å².